The van der Waals surface area contributed by atoms with E-state index in [1.807, 2.05) is 0 Å². The van der Waals surface area contributed by atoms with E-state index in [2.05, 4.69) is 18.7 Å². The number of carbonyl (C=O) groups is 1. The highest BCUT2D eigenvalue weighted by molar-refractivity contribution is 5.53. The number of hydrogen-bond donors (Lipinski definition) is 1. The van der Waals surface area contributed by atoms with Gasteiger partial charge in [-0.25, -0.2) is 0 Å². The number of nitrogens with zero attached hydrogens (tertiary/aromatic N) is 1. The Kier molecular flexibility index (Phi) is 7.94. The maximum atomic E-state index is 10.6. The van der Waals surface area contributed by atoms with Crippen LogP contribution in [-0.2, 0) is 4.79 Å². The Labute approximate surface area is 80.7 Å². The molecule has 0 heterocycles. The largest absolute Gasteiger partial charge is 0.396 e. The van der Waals surface area contributed by atoms with Crippen molar-refractivity contribution >= 4 is 6.29 Å². The summed E-state index contributed by atoms with van der Waals surface area (Å²) in [7, 11) is 0. The minimum absolute atomic E-state index is 0.00324. The lowest BCUT2D eigenvalue weighted by Crippen LogP contribution is -2.31. The van der Waals surface area contributed by atoms with Crippen molar-refractivity contribution in [1.82, 2.24) is 4.90 Å². The lowest BCUT2D eigenvalue weighted by Gasteiger charge is -2.22. The minimum atomic E-state index is -0.00324. The zero-order valence-electron chi connectivity index (χ0n) is 8.70. The van der Waals surface area contributed by atoms with Gasteiger partial charge in [0.1, 0.15) is 6.29 Å². The Balaban J connectivity index is 3.79. The maximum Gasteiger partial charge on any atom is 0.124 e. The first-order valence-electron chi connectivity index (χ1n) is 5.06. The fraction of sp³-hybridized carbons (Fsp3) is 0.900. The standard InChI is InChI=1S/C10H21NO2/c1-3-6-11(4-2)8-10(9-13)5-7-12/h9-10,12H,3-8H2,1-2H3. The van der Waals surface area contributed by atoms with Crippen LogP contribution in [0.15, 0.2) is 0 Å². The Hall–Kier alpha value is -0.410. The van der Waals surface area contributed by atoms with Crippen LogP contribution in [0, 0.1) is 5.92 Å². The van der Waals surface area contributed by atoms with E-state index in [-0.39, 0.29) is 12.5 Å². The number of aldehydes is 1. The van der Waals surface area contributed by atoms with Crippen LogP contribution < -0.4 is 0 Å². The summed E-state index contributed by atoms with van der Waals surface area (Å²) in [6, 6.07) is 0. The molecule has 3 heteroatoms. The van der Waals surface area contributed by atoms with Crippen molar-refractivity contribution in [1.29, 1.82) is 0 Å². The molecule has 0 aliphatic rings. The second-order valence-electron chi connectivity index (χ2n) is 3.30. The maximum absolute atomic E-state index is 10.6. The van der Waals surface area contributed by atoms with Gasteiger partial charge in [-0.05, 0) is 25.9 Å². The normalized spacial score (nSPS) is 13.2. The summed E-state index contributed by atoms with van der Waals surface area (Å²) in [4.78, 5) is 12.9. The summed E-state index contributed by atoms with van der Waals surface area (Å²) < 4.78 is 0. The second-order valence-corrected chi connectivity index (χ2v) is 3.30. The van der Waals surface area contributed by atoms with Gasteiger partial charge in [0, 0.05) is 19.1 Å². The SMILES string of the molecule is CCCN(CC)CC(C=O)CCO. The van der Waals surface area contributed by atoms with Gasteiger partial charge < -0.3 is 14.8 Å². The smallest absolute Gasteiger partial charge is 0.124 e. The molecule has 0 rings (SSSR count). The Morgan fingerprint density at radius 3 is 2.54 bits per heavy atom. The average Bonchev–Trinajstić information content (AvgIpc) is 2.16. The molecule has 78 valence electrons. The number of aliphatic hydroxyl groups excluding tert-OH is 1. The van der Waals surface area contributed by atoms with Crippen LogP contribution >= 0.6 is 0 Å². The molecule has 0 spiro atoms. The molecule has 0 radical (unpaired) electrons. The van der Waals surface area contributed by atoms with Crippen LogP contribution in [0.2, 0.25) is 0 Å². The van der Waals surface area contributed by atoms with Crippen LogP contribution in [0.5, 0.6) is 0 Å². The first-order valence-corrected chi connectivity index (χ1v) is 5.06. The molecule has 0 aromatic rings. The van der Waals surface area contributed by atoms with Crippen molar-refractivity contribution in [3.05, 3.63) is 0 Å². The van der Waals surface area contributed by atoms with Crippen LogP contribution in [0.25, 0.3) is 0 Å². The molecule has 0 fully saturated rings. The van der Waals surface area contributed by atoms with Crippen LogP contribution in [0.4, 0.5) is 0 Å². The molecule has 1 unspecified atom stereocenters. The van der Waals surface area contributed by atoms with Gasteiger partial charge in [0.25, 0.3) is 0 Å². The number of hydrogen-bond acceptors (Lipinski definition) is 3. The van der Waals surface area contributed by atoms with E-state index in [9.17, 15) is 4.79 Å². The molecule has 0 saturated carbocycles. The van der Waals surface area contributed by atoms with E-state index in [1.54, 1.807) is 0 Å². The number of aliphatic hydroxyl groups is 1. The molecule has 0 aromatic carbocycles. The Morgan fingerprint density at radius 1 is 1.46 bits per heavy atom. The van der Waals surface area contributed by atoms with E-state index in [1.165, 1.54) is 0 Å². The molecule has 0 aliphatic heterocycles. The summed E-state index contributed by atoms with van der Waals surface area (Å²) in [5, 5.41) is 8.71. The molecule has 1 N–H and O–H groups in total. The van der Waals surface area contributed by atoms with Crippen molar-refractivity contribution in [2.24, 2.45) is 5.92 Å². The highest BCUT2D eigenvalue weighted by Gasteiger charge is 2.10. The fourth-order valence-electron chi connectivity index (χ4n) is 1.39. The molecule has 3 nitrogen and oxygen atoms in total. The lowest BCUT2D eigenvalue weighted by molar-refractivity contribution is -0.112. The predicted octanol–water partition coefficient (Wildman–Crippen LogP) is 0.916. The zero-order valence-corrected chi connectivity index (χ0v) is 8.70. The van der Waals surface area contributed by atoms with Crippen LogP contribution in [0.1, 0.15) is 26.7 Å². The van der Waals surface area contributed by atoms with Gasteiger partial charge in [-0.15, -0.1) is 0 Å². The fourth-order valence-corrected chi connectivity index (χ4v) is 1.39. The van der Waals surface area contributed by atoms with Gasteiger partial charge in [-0.2, -0.15) is 0 Å². The molecular formula is C10H21NO2. The molecule has 0 amide bonds. The first kappa shape index (κ1) is 12.6. The van der Waals surface area contributed by atoms with Gasteiger partial charge in [-0.3, -0.25) is 0 Å². The van der Waals surface area contributed by atoms with Gasteiger partial charge in [0.2, 0.25) is 0 Å². The Bertz CT molecular complexity index is 128. The van der Waals surface area contributed by atoms with E-state index in [0.717, 1.165) is 32.3 Å². The molecule has 0 bridgehead atoms. The van der Waals surface area contributed by atoms with Crippen molar-refractivity contribution in [3.63, 3.8) is 0 Å². The summed E-state index contributed by atoms with van der Waals surface area (Å²) in [6.07, 6.45) is 2.65. The topological polar surface area (TPSA) is 40.5 Å². The lowest BCUT2D eigenvalue weighted by atomic mass is 10.1. The molecule has 0 aliphatic carbocycles. The monoisotopic (exact) mass is 187 g/mol. The molecule has 13 heavy (non-hydrogen) atoms. The van der Waals surface area contributed by atoms with E-state index < -0.39 is 0 Å². The predicted molar refractivity (Wildman–Crippen MR) is 53.7 cm³/mol. The Morgan fingerprint density at radius 2 is 2.15 bits per heavy atom. The third-order valence-electron chi connectivity index (χ3n) is 2.17. The molecular weight excluding hydrogens is 166 g/mol. The highest BCUT2D eigenvalue weighted by Crippen LogP contribution is 2.03. The van der Waals surface area contributed by atoms with Crippen molar-refractivity contribution in [2.75, 3.05) is 26.2 Å². The second kappa shape index (κ2) is 8.20. The molecule has 0 aromatic heterocycles. The third kappa shape index (κ3) is 5.77. The summed E-state index contributed by atoms with van der Waals surface area (Å²) in [5.41, 5.74) is 0. The van der Waals surface area contributed by atoms with Crippen LogP contribution in [-0.4, -0.2) is 42.5 Å². The number of carbonyl (C=O) groups excluding carboxylic acids is 1. The molecule has 0 saturated heterocycles. The molecule has 1 atom stereocenters. The van der Waals surface area contributed by atoms with Crippen molar-refractivity contribution in [3.8, 4) is 0 Å². The quantitative estimate of drug-likeness (QED) is 0.574. The minimum Gasteiger partial charge on any atom is -0.396 e. The van der Waals surface area contributed by atoms with Gasteiger partial charge >= 0.3 is 0 Å². The summed E-state index contributed by atoms with van der Waals surface area (Å²) in [6.45, 7) is 7.12. The van der Waals surface area contributed by atoms with Gasteiger partial charge in [0.05, 0.1) is 0 Å². The first-order chi connectivity index (χ1) is 6.28. The van der Waals surface area contributed by atoms with E-state index >= 15 is 0 Å². The zero-order chi connectivity index (χ0) is 10.1. The van der Waals surface area contributed by atoms with Crippen molar-refractivity contribution < 1.29 is 9.90 Å². The summed E-state index contributed by atoms with van der Waals surface area (Å²) >= 11 is 0. The van der Waals surface area contributed by atoms with E-state index in [0.29, 0.717) is 6.42 Å². The average molecular weight is 187 g/mol. The number of rotatable bonds is 8. The van der Waals surface area contributed by atoms with Crippen molar-refractivity contribution in [2.45, 2.75) is 26.7 Å². The van der Waals surface area contributed by atoms with Crippen LogP contribution in [0.3, 0.4) is 0 Å². The highest BCUT2D eigenvalue weighted by atomic mass is 16.3. The van der Waals surface area contributed by atoms with E-state index in [4.69, 9.17) is 5.11 Å². The van der Waals surface area contributed by atoms with Gasteiger partial charge in [0.15, 0.2) is 0 Å². The van der Waals surface area contributed by atoms with Gasteiger partial charge in [-0.1, -0.05) is 13.8 Å². The third-order valence-corrected chi connectivity index (χ3v) is 2.17. The summed E-state index contributed by atoms with van der Waals surface area (Å²) in [5.74, 6) is -0.00324.